The first kappa shape index (κ1) is 21.0. The van der Waals surface area contributed by atoms with Gasteiger partial charge in [0.1, 0.15) is 6.10 Å². The highest BCUT2D eigenvalue weighted by Gasteiger charge is 2.14. The Labute approximate surface area is 163 Å². The average molecular weight is 372 g/mol. The van der Waals surface area contributed by atoms with Crippen molar-refractivity contribution in [1.29, 1.82) is 0 Å². The van der Waals surface area contributed by atoms with Crippen LogP contribution in [0.1, 0.15) is 49.8 Å². The summed E-state index contributed by atoms with van der Waals surface area (Å²) >= 11 is 1.94. The summed E-state index contributed by atoms with van der Waals surface area (Å²) in [5.41, 5.74) is 2.47. The maximum absolute atomic E-state index is 6.31. The van der Waals surface area contributed by atoms with Gasteiger partial charge in [-0.05, 0) is 68.9 Å². The van der Waals surface area contributed by atoms with Crippen LogP contribution in [0.5, 0.6) is 0 Å². The minimum Gasteiger partial charge on any atom is -0.369 e. The van der Waals surface area contributed by atoms with Crippen LogP contribution in [-0.4, -0.2) is 37.9 Å². The Morgan fingerprint density at radius 1 is 0.885 bits per heavy atom. The van der Waals surface area contributed by atoms with Gasteiger partial charge < -0.3 is 9.64 Å². The lowest BCUT2D eigenvalue weighted by atomic mass is 10.0. The van der Waals surface area contributed by atoms with E-state index >= 15 is 0 Å². The van der Waals surface area contributed by atoms with E-state index in [1.54, 1.807) is 0 Å². The largest absolute Gasteiger partial charge is 0.369 e. The molecule has 0 amide bonds. The summed E-state index contributed by atoms with van der Waals surface area (Å²) < 4.78 is 6.31. The second kappa shape index (κ2) is 12.2. The lowest BCUT2D eigenvalue weighted by Crippen LogP contribution is -2.14. The van der Waals surface area contributed by atoms with Gasteiger partial charge in [0.05, 0.1) is 0 Å². The molecule has 2 nitrogen and oxygen atoms in total. The first-order valence-electron chi connectivity index (χ1n) is 9.74. The Morgan fingerprint density at radius 3 is 2.23 bits per heavy atom. The van der Waals surface area contributed by atoms with Gasteiger partial charge in [0, 0.05) is 11.5 Å². The fourth-order valence-corrected chi connectivity index (χ4v) is 3.81. The van der Waals surface area contributed by atoms with E-state index in [-0.39, 0.29) is 6.10 Å². The van der Waals surface area contributed by atoms with E-state index in [2.05, 4.69) is 80.5 Å². The van der Waals surface area contributed by atoms with Crippen LogP contribution >= 0.6 is 11.8 Å². The summed E-state index contributed by atoms with van der Waals surface area (Å²) in [5, 5.41) is 0. The molecule has 0 aromatic heterocycles. The average Bonchev–Trinajstić information content (AvgIpc) is 2.66. The highest BCUT2D eigenvalue weighted by atomic mass is 32.2. The molecule has 0 aliphatic rings. The van der Waals surface area contributed by atoms with E-state index in [1.165, 1.54) is 41.0 Å². The lowest BCUT2D eigenvalue weighted by Gasteiger charge is -2.20. The zero-order chi connectivity index (χ0) is 18.6. The van der Waals surface area contributed by atoms with Crippen LogP contribution < -0.4 is 0 Å². The van der Waals surface area contributed by atoms with Crippen molar-refractivity contribution in [3.63, 3.8) is 0 Å². The molecule has 0 saturated carbocycles. The Bertz CT molecular complexity index is 597. The summed E-state index contributed by atoms with van der Waals surface area (Å²) in [6, 6.07) is 19.5. The summed E-state index contributed by atoms with van der Waals surface area (Å²) in [4.78, 5) is 3.57. The topological polar surface area (TPSA) is 12.5 Å². The standard InChI is InChI=1S/C23H33NOS/c1-4-5-19-26-22-15-13-21(14-16-22)23(20-11-7-6-8-12-20)25-18-10-9-17-24(2)3/h6-8,11-16,23H,4-5,9-10,17-19H2,1-3H3. The number of benzene rings is 2. The zero-order valence-corrected chi connectivity index (χ0v) is 17.3. The molecule has 0 fully saturated rings. The minimum absolute atomic E-state index is 0.0187. The summed E-state index contributed by atoms with van der Waals surface area (Å²) in [5.74, 6) is 1.19. The molecule has 142 valence electrons. The van der Waals surface area contributed by atoms with Crippen molar-refractivity contribution in [1.82, 2.24) is 4.90 Å². The van der Waals surface area contributed by atoms with Crippen molar-refractivity contribution >= 4 is 11.8 Å². The highest BCUT2D eigenvalue weighted by Crippen LogP contribution is 2.28. The van der Waals surface area contributed by atoms with E-state index < -0.39 is 0 Å². The third kappa shape index (κ3) is 7.53. The maximum atomic E-state index is 6.31. The first-order valence-corrected chi connectivity index (χ1v) is 10.7. The fourth-order valence-electron chi connectivity index (χ4n) is 2.82. The van der Waals surface area contributed by atoms with Crippen LogP contribution in [0.2, 0.25) is 0 Å². The van der Waals surface area contributed by atoms with E-state index in [0.717, 1.165) is 19.6 Å². The molecule has 0 aliphatic carbocycles. The Balaban J connectivity index is 1.99. The molecule has 0 saturated heterocycles. The quantitative estimate of drug-likeness (QED) is 0.334. The van der Waals surface area contributed by atoms with Crippen LogP contribution in [0.3, 0.4) is 0 Å². The lowest BCUT2D eigenvalue weighted by molar-refractivity contribution is 0.0761. The molecular weight excluding hydrogens is 338 g/mol. The van der Waals surface area contributed by atoms with Gasteiger partial charge in [-0.25, -0.2) is 0 Å². The number of hydrogen-bond donors (Lipinski definition) is 0. The van der Waals surface area contributed by atoms with Crippen LogP contribution in [0, 0.1) is 0 Å². The number of unbranched alkanes of at least 4 members (excludes halogenated alkanes) is 2. The fraction of sp³-hybridized carbons (Fsp3) is 0.478. The number of nitrogens with zero attached hydrogens (tertiary/aromatic N) is 1. The Hall–Kier alpha value is -1.29. The number of thioether (sulfide) groups is 1. The predicted molar refractivity (Wildman–Crippen MR) is 114 cm³/mol. The smallest absolute Gasteiger partial charge is 0.108 e. The maximum Gasteiger partial charge on any atom is 0.108 e. The van der Waals surface area contributed by atoms with Gasteiger partial charge in [0.15, 0.2) is 0 Å². The zero-order valence-electron chi connectivity index (χ0n) is 16.5. The molecule has 0 spiro atoms. The molecule has 0 heterocycles. The van der Waals surface area contributed by atoms with E-state index in [9.17, 15) is 0 Å². The van der Waals surface area contributed by atoms with Crippen molar-refractivity contribution in [2.45, 2.75) is 43.6 Å². The number of rotatable bonds is 12. The van der Waals surface area contributed by atoms with E-state index in [0.29, 0.717) is 0 Å². The second-order valence-electron chi connectivity index (χ2n) is 6.94. The van der Waals surface area contributed by atoms with Crippen LogP contribution in [0.25, 0.3) is 0 Å². The van der Waals surface area contributed by atoms with Gasteiger partial charge in [-0.3, -0.25) is 0 Å². The van der Waals surface area contributed by atoms with Crippen molar-refractivity contribution in [3.8, 4) is 0 Å². The van der Waals surface area contributed by atoms with Gasteiger partial charge in [0.25, 0.3) is 0 Å². The number of ether oxygens (including phenoxy) is 1. The highest BCUT2D eigenvalue weighted by molar-refractivity contribution is 7.99. The molecule has 0 aliphatic heterocycles. The van der Waals surface area contributed by atoms with Gasteiger partial charge in [-0.15, -0.1) is 11.8 Å². The molecule has 2 rings (SSSR count). The van der Waals surface area contributed by atoms with E-state index in [4.69, 9.17) is 4.74 Å². The molecule has 2 aromatic rings. The monoisotopic (exact) mass is 371 g/mol. The van der Waals surface area contributed by atoms with Crippen LogP contribution in [0.15, 0.2) is 59.5 Å². The summed E-state index contributed by atoms with van der Waals surface area (Å²) in [6.07, 6.45) is 4.80. The van der Waals surface area contributed by atoms with Crippen LogP contribution in [-0.2, 0) is 4.74 Å². The number of hydrogen-bond acceptors (Lipinski definition) is 3. The molecule has 0 bridgehead atoms. The van der Waals surface area contributed by atoms with Crippen molar-refractivity contribution in [2.24, 2.45) is 0 Å². The molecular formula is C23H33NOS. The first-order chi connectivity index (χ1) is 12.7. The molecule has 0 radical (unpaired) electrons. The molecule has 0 N–H and O–H groups in total. The second-order valence-corrected chi connectivity index (χ2v) is 8.11. The van der Waals surface area contributed by atoms with Crippen molar-refractivity contribution < 1.29 is 4.74 Å². The Kier molecular flexibility index (Phi) is 9.83. The molecule has 26 heavy (non-hydrogen) atoms. The summed E-state index contributed by atoms with van der Waals surface area (Å²) in [6.45, 7) is 4.15. The van der Waals surface area contributed by atoms with Crippen molar-refractivity contribution in [2.75, 3.05) is 33.0 Å². The van der Waals surface area contributed by atoms with Crippen LogP contribution in [0.4, 0.5) is 0 Å². The molecule has 3 heteroatoms. The Morgan fingerprint density at radius 2 is 1.58 bits per heavy atom. The van der Waals surface area contributed by atoms with Gasteiger partial charge in [-0.1, -0.05) is 55.8 Å². The third-order valence-corrected chi connectivity index (χ3v) is 5.43. The minimum atomic E-state index is 0.0187. The molecule has 2 aromatic carbocycles. The molecule has 1 unspecified atom stereocenters. The summed E-state index contributed by atoms with van der Waals surface area (Å²) in [7, 11) is 4.24. The third-order valence-electron chi connectivity index (χ3n) is 4.34. The predicted octanol–water partition coefficient (Wildman–Crippen LogP) is 6.03. The van der Waals surface area contributed by atoms with Gasteiger partial charge in [0.2, 0.25) is 0 Å². The van der Waals surface area contributed by atoms with Gasteiger partial charge in [-0.2, -0.15) is 0 Å². The molecule has 1 atom stereocenters. The van der Waals surface area contributed by atoms with E-state index in [1.807, 2.05) is 11.8 Å². The van der Waals surface area contributed by atoms with Crippen molar-refractivity contribution in [3.05, 3.63) is 65.7 Å². The SMILES string of the molecule is CCCCSc1ccc(C(OCCCCN(C)C)c2ccccc2)cc1. The normalized spacial score (nSPS) is 12.5. The van der Waals surface area contributed by atoms with Gasteiger partial charge >= 0.3 is 0 Å².